The standard InChI is InChI=1S/C12H14FN5O2/c1-2-3-11(14)12-7-17(16-15-12)9-4-8(13)5-10(6-9)18(19)20/h4-7,11H,2-3,14H2,1H3. The Morgan fingerprint density at radius 2 is 2.25 bits per heavy atom. The molecule has 1 aromatic heterocycles. The molecule has 1 unspecified atom stereocenters. The van der Waals surface area contributed by atoms with Gasteiger partial charge in [0.25, 0.3) is 5.69 Å². The van der Waals surface area contributed by atoms with Gasteiger partial charge < -0.3 is 5.73 Å². The van der Waals surface area contributed by atoms with Crippen molar-refractivity contribution in [3.8, 4) is 5.69 Å². The summed E-state index contributed by atoms with van der Waals surface area (Å²) in [7, 11) is 0. The minimum absolute atomic E-state index is 0.235. The van der Waals surface area contributed by atoms with Crippen molar-refractivity contribution < 1.29 is 9.31 Å². The fourth-order valence-corrected chi connectivity index (χ4v) is 1.83. The molecule has 0 radical (unpaired) electrons. The molecule has 7 nitrogen and oxygen atoms in total. The van der Waals surface area contributed by atoms with Crippen molar-refractivity contribution >= 4 is 5.69 Å². The van der Waals surface area contributed by atoms with Crippen LogP contribution in [0.5, 0.6) is 0 Å². The maximum Gasteiger partial charge on any atom is 0.274 e. The first kappa shape index (κ1) is 14.1. The van der Waals surface area contributed by atoms with E-state index < -0.39 is 10.7 Å². The Kier molecular flexibility index (Phi) is 4.04. The lowest BCUT2D eigenvalue weighted by molar-refractivity contribution is -0.385. The van der Waals surface area contributed by atoms with E-state index >= 15 is 0 Å². The molecule has 0 spiro atoms. The molecule has 0 aliphatic rings. The summed E-state index contributed by atoms with van der Waals surface area (Å²) in [5.74, 6) is -0.705. The lowest BCUT2D eigenvalue weighted by Gasteiger charge is -2.04. The van der Waals surface area contributed by atoms with Crippen molar-refractivity contribution in [3.63, 3.8) is 0 Å². The van der Waals surface area contributed by atoms with Gasteiger partial charge in [-0.1, -0.05) is 18.6 Å². The van der Waals surface area contributed by atoms with E-state index in [1.165, 1.54) is 10.7 Å². The van der Waals surface area contributed by atoms with Crippen LogP contribution in [-0.2, 0) is 0 Å². The van der Waals surface area contributed by atoms with Crippen molar-refractivity contribution in [2.45, 2.75) is 25.8 Å². The first-order valence-corrected chi connectivity index (χ1v) is 6.14. The van der Waals surface area contributed by atoms with Crippen LogP contribution in [0.15, 0.2) is 24.4 Å². The molecule has 2 aromatic rings. The number of nitro benzene ring substituents is 1. The van der Waals surface area contributed by atoms with Crippen molar-refractivity contribution in [3.05, 3.63) is 46.0 Å². The van der Waals surface area contributed by atoms with Crippen LogP contribution in [0.2, 0.25) is 0 Å². The normalized spacial score (nSPS) is 12.3. The van der Waals surface area contributed by atoms with Crippen LogP contribution in [0.3, 0.4) is 0 Å². The van der Waals surface area contributed by atoms with Gasteiger partial charge >= 0.3 is 0 Å². The average Bonchev–Trinajstić information content (AvgIpc) is 2.88. The predicted octanol–water partition coefficient (Wildman–Crippen LogP) is 2.11. The molecule has 106 valence electrons. The summed E-state index contributed by atoms with van der Waals surface area (Å²) in [5.41, 5.74) is 6.37. The van der Waals surface area contributed by atoms with Crippen LogP contribution in [0.4, 0.5) is 10.1 Å². The highest BCUT2D eigenvalue weighted by Gasteiger charge is 2.14. The number of halogens is 1. The number of aromatic nitrogens is 3. The smallest absolute Gasteiger partial charge is 0.274 e. The van der Waals surface area contributed by atoms with Gasteiger partial charge in [-0.2, -0.15) is 0 Å². The number of benzene rings is 1. The van der Waals surface area contributed by atoms with Gasteiger partial charge in [0.05, 0.1) is 34.6 Å². The van der Waals surface area contributed by atoms with Crippen LogP contribution >= 0.6 is 0 Å². The molecule has 0 fully saturated rings. The first-order valence-electron chi connectivity index (χ1n) is 6.14. The number of hydrogen-bond acceptors (Lipinski definition) is 5. The van der Waals surface area contributed by atoms with Crippen LogP contribution in [-0.4, -0.2) is 19.9 Å². The van der Waals surface area contributed by atoms with E-state index in [-0.39, 0.29) is 17.4 Å². The molecule has 1 heterocycles. The van der Waals surface area contributed by atoms with E-state index in [0.29, 0.717) is 5.69 Å². The number of rotatable bonds is 5. The molecule has 0 aliphatic carbocycles. The van der Waals surface area contributed by atoms with Gasteiger partial charge in [-0.25, -0.2) is 9.07 Å². The van der Waals surface area contributed by atoms with E-state index in [4.69, 9.17) is 5.73 Å². The highest BCUT2D eigenvalue weighted by molar-refractivity contribution is 5.43. The zero-order valence-corrected chi connectivity index (χ0v) is 10.9. The minimum Gasteiger partial charge on any atom is -0.323 e. The van der Waals surface area contributed by atoms with E-state index in [1.807, 2.05) is 6.92 Å². The third-order valence-electron chi connectivity index (χ3n) is 2.83. The molecule has 0 bridgehead atoms. The topological polar surface area (TPSA) is 99.9 Å². The quantitative estimate of drug-likeness (QED) is 0.667. The van der Waals surface area contributed by atoms with E-state index in [2.05, 4.69) is 10.3 Å². The van der Waals surface area contributed by atoms with E-state index in [0.717, 1.165) is 25.0 Å². The highest BCUT2D eigenvalue weighted by atomic mass is 19.1. The number of hydrogen-bond donors (Lipinski definition) is 1. The molecule has 1 aromatic carbocycles. The fourth-order valence-electron chi connectivity index (χ4n) is 1.83. The first-order chi connectivity index (χ1) is 9.51. The largest absolute Gasteiger partial charge is 0.323 e. The summed E-state index contributed by atoms with van der Waals surface area (Å²) >= 11 is 0. The molecule has 0 aliphatic heterocycles. The maximum atomic E-state index is 13.4. The molecule has 1 atom stereocenters. The SMILES string of the molecule is CCCC(N)c1cn(-c2cc(F)cc([N+](=O)[O-])c2)nn1. The molecular formula is C12H14FN5O2. The average molecular weight is 279 g/mol. The maximum absolute atomic E-state index is 13.4. The van der Waals surface area contributed by atoms with Gasteiger partial charge in [-0.05, 0) is 6.42 Å². The molecule has 0 amide bonds. The van der Waals surface area contributed by atoms with Crippen molar-refractivity contribution in [1.29, 1.82) is 0 Å². The second-order valence-electron chi connectivity index (χ2n) is 4.41. The summed E-state index contributed by atoms with van der Waals surface area (Å²) in [6.45, 7) is 2.00. The number of nitrogens with zero attached hydrogens (tertiary/aromatic N) is 4. The zero-order valence-electron chi connectivity index (χ0n) is 10.9. The Morgan fingerprint density at radius 1 is 1.50 bits per heavy atom. The molecular weight excluding hydrogens is 265 g/mol. The molecule has 8 heteroatoms. The summed E-state index contributed by atoms with van der Waals surface area (Å²) < 4.78 is 14.6. The molecule has 20 heavy (non-hydrogen) atoms. The van der Waals surface area contributed by atoms with Gasteiger partial charge in [0.15, 0.2) is 0 Å². The van der Waals surface area contributed by atoms with Crippen molar-refractivity contribution in [2.75, 3.05) is 0 Å². The van der Waals surface area contributed by atoms with E-state index in [9.17, 15) is 14.5 Å². The van der Waals surface area contributed by atoms with E-state index in [1.54, 1.807) is 6.20 Å². The van der Waals surface area contributed by atoms with Crippen molar-refractivity contribution in [1.82, 2.24) is 15.0 Å². The van der Waals surface area contributed by atoms with Crippen LogP contribution in [0, 0.1) is 15.9 Å². The molecule has 2 N–H and O–H groups in total. The third kappa shape index (κ3) is 2.97. The molecule has 0 saturated carbocycles. The Hall–Kier alpha value is -2.35. The third-order valence-corrected chi connectivity index (χ3v) is 2.83. The minimum atomic E-state index is -0.705. The Labute approximate surface area is 114 Å². The number of nitrogens with two attached hydrogens (primary N) is 1. The summed E-state index contributed by atoms with van der Waals surface area (Å²) in [6.07, 6.45) is 3.21. The van der Waals surface area contributed by atoms with Gasteiger partial charge in [0, 0.05) is 12.1 Å². The van der Waals surface area contributed by atoms with Crippen molar-refractivity contribution in [2.24, 2.45) is 5.73 Å². The van der Waals surface area contributed by atoms with Gasteiger partial charge in [0.1, 0.15) is 5.82 Å². The fraction of sp³-hybridized carbons (Fsp3) is 0.333. The molecule has 2 rings (SSSR count). The van der Waals surface area contributed by atoms with Crippen LogP contribution < -0.4 is 5.73 Å². The number of non-ortho nitro benzene ring substituents is 1. The second-order valence-corrected chi connectivity index (χ2v) is 4.41. The van der Waals surface area contributed by atoms with Gasteiger partial charge in [-0.3, -0.25) is 10.1 Å². The van der Waals surface area contributed by atoms with Crippen LogP contribution in [0.1, 0.15) is 31.5 Å². The van der Waals surface area contributed by atoms with Crippen LogP contribution in [0.25, 0.3) is 5.69 Å². The van der Waals surface area contributed by atoms with Gasteiger partial charge in [-0.15, -0.1) is 5.10 Å². The molecule has 0 saturated heterocycles. The Balaban J connectivity index is 2.34. The lowest BCUT2D eigenvalue weighted by atomic mass is 10.1. The summed E-state index contributed by atoms with van der Waals surface area (Å²) in [4.78, 5) is 10.0. The Morgan fingerprint density at radius 3 is 2.90 bits per heavy atom. The highest BCUT2D eigenvalue weighted by Crippen LogP contribution is 2.20. The van der Waals surface area contributed by atoms with Gasteiger partial charge in [0.2, 0.25) is 0 Å². The predicted molar refractivity (Wildman–Crippen MR) is 69.8 cm³/mol. The monoisotopic (exact) mass is 279 g/mol. The summed E-state index contributed by atoms with van der Waals surface area (Å²) in [5, 5.41) is 18.4. The summed E-state index contributed by atoms with van der Waals surface area (Å²) in [6, 6.07) is 2.98. The number of nitro groups is 1. The lowest BCUT2D eigenvalue weighted by Crippen LogP contribution is -2.10. The second kappa shape index (κ2) is 5.74. The zero-order chi connectivity index (χ0) is 14.7. The Bertz CT molecular complexity index is 628.